The summed E-state index contributed by atoms with van der Waals surface area (Å²) in [6.45, 7) is -0.400. The molecule has 0 saturated heterocycles. The van der Waals surface area contributed by atoms with Gasteiger partial charge in [-0.25, -0.2) is 4.79 Å². The van der Waals surface area contributed by atoms with Crippen molar-refractivity contribution in [3.63, 3.8) is 0 Å². The summed E-state index contributed by atoms with van der Waals surface area (Å²) in [6.07, 6.45) is -1.59. The number of nitrogens with zero attached hydrogens (tertiary/aromatic N) is 1. The van der Waals surface area contributed by atoms with E-state index in [9.17, 15) is 23.1 Å². The number of halogens is 4. The zero-order valence-electron chi connectivity index (χ0n) is 16.0. The van der Waals surface area contributed by atoms with Gasteiger partial charge in [0.25, 0.3) is 0 Å². The molecule has 0 amide bonds. The number of pyridine rings is 1. The molecule has 4 nitrogen and oxygen atoms in total. The predicted octanol–water partition coefficient (Wildman–Crippen LogP) is 5.61. The van der Waals surface area contributed by atoms with Gasteiger partial charge < -0.3 is 9.84 Å². The van der Waals surface area contributed by atoms with Gasteiger partial charge in [0.1, 0.15) is 12.7 Å². The average molecular weight is 448 g/mol. The van der Waals surface area contributed by atoms with Gasteiger partial charge in [-0.05, 0) is 41.5 Å². The molecular formula is C23H17ClF3NO3. The van der Waals surface area contributed by atoms with Crippen molar-refractivity contribution in [2.45, 2.75) is 18.9 Å². The number of aliphatic hydroxyl groups is 1. The predicted molar refractivity (Wildman–Crippen MR) is 110 cm³/mol. The molecule has 1 aromatic heterocycles. The summed E-state index contributed by atoms with van der Waals surface area (Å²) in [5, 5.41) is 11.1. The summed E-state index contributed by atoms with van der Waals surface area (Å²) in [5.41, 5.74) is 0.00226. The number of ether oxygens (including phenoxy) is 1. The van der Waals surface area contributed by atoms with Crippen LogP contribution in [0.3, 0.4) is 0 Å². The molecule has 8 heteroatoms. The zero-order valence-corrected chi connectivity index (χ0v) is 16.8. The van der Waals surface area contributed by atoms with Gasteiger partial charge in [0, 0.05) is 23.0 Å². The standard InChI is InChI=1S/C23H17ClF3NO3/c24-20-9-2-1-6-16(20)12-19(21(29)17-7-4-10-28-13-17)22(30)31-14-15-5-3-8-18(11-15)23(25,26)27/h1-13,21,29H,14H2. The SMILES string of the molecule is O=C(OCc1cccc(C(F)(F)F)c1)C(=Cc1ccccc1Cl)C(O)c1cccnc1. The third kappa shape index (κ3) is 5.93. The summed E-state index contributed by atoms with van der Waals surface area (Å²) < 4.78 is 43.9. The molecule has 1 atom stereocenters. The molecule has 1 heterocycles. The minimum atomic E-state index is -4.51. The number of hydrogen-bond acceptors (Lipinski definition) is 4. The van der Waals surface area contributed by atoms with Crippen LogP contribution in [0.2, 0.25) is 5.02 Å². The van der Waals surface area contributed by atoms with Crippen molar-refractivity contribution in [1.29, 1.82) is 0 Å². The number of carbonyl (C=O) groups is 1. The van der Waals surface area contributed by atoms with Gasteiger partial charge in [-0.1, -0.05) is 48.0 Å². The van der Waals surface area contributed by atoms with E-state index < -0.39 is 30.4 Å². The Morgan fingerprint density at radius 2 is 1.90 bits per heavy atom. The molecule has 31 heavy (non-hydrogen) atoms. The van der Waals surface area contributed by atoms with Crippen LogP contribution in [0, 0.1) is 0 Å². The van der Waals surface area contributed by atoms with Crippen LogP contribution in [0.1, 0.15) is 28.4 Å². The number of carbonyl (C=O) groups excluding carboxylic acids is 1. The van der Waals surface area contributed by atoms with E-state index in [0.717, 1.165) is 12.1 Å². The first-order valence-electron chi connectivity index (χ1n) is 9.13. The molecule has 0 aliphatic heterocycles. The lowest BCUT2D eigenvalue weighted by atomic mass is 10.0. The second-order valence-electron chi connectivity index (χ2n) is 6.58. The van der Waals surface area contributed by atoms with E-state index in [2.05, 4.69) is 4.98 Å². The van der Waals surface area contributed by atoms with Crippen LogP contribution < -0.4 is 0 Å². The summed E-state index contributed by atoms with van der Waals surface area (Å²) in [4.78, 5) is 16.7. The highest BCUT2D eigenvalue weighted by Gasteiger charge is 2.30. The first kappa shape index (κ1) is 22.5. The molecular weight excluding hydrogens is 431 g/mol. The monoisotopic (exact) mass is 447 g/mol. The lowest BCUT2D eigenvalue weighted by Gasteiger charge is -2.16. The van der Waals surface area contributed by atoms with Crippen LogP contribution in [-0.4, -0.2) is 16.1 Å². The van der Waals surface area contributed by atoms with Crippen LogP contribution in [0.5, 0.6) is 0 Å². The molecule has 0 radical (unpaired) electrons. The molecule has 1 unspecified atom stereocenters. The van der Waals surface area contributed by atoms with Gasteiger partial charge >= 0.3 is 12.1 Å². The Balaban J connectivity index is 1.87. The largest absolute Gasteiger partial charge is 0.457 e. The van der Waals surface area contributed by atoms with Gasteiger partial charge in [-0.3, -0.25) is 4.98 Å². The van der Waals surface area contributed by atoms with Crippen molar-refractivity contribution in [2.24, 2.45) is 0 Å². The van der Waals surface area contributed by atoms with Crippen molar-refractivity contribution in [1.82, 2.24) is 4.98 Å². The molecule has 0 saturated carbocycles. The molecule has 2 aromatic carbocycles. The number of aromatic nitrogens is 1. The summed E-state index contributed by atoms with van der Waals surface area (Å²) in [6, 6.07) is 14.4. The van der Waals surface area contributed by atoms with Crippen molar-refractivity contribution in [3.8, 4) is 0 Å². The van der Waals surface area contributed by atoms with Crippen LogP contribution in [0.25, 0.3) is 6.08 Å². The minimum absolute atomic E-state index is 0.131. The van der Waals surface area contributed by atoms with Gasteiger partial charge in [0.15, 0.2) is 0 Å². The fraction of sp³-hybridized carbons (Fsp3) is 0.130. The lowest BCUT2D eigenvalue weighted by molar-refractivity contribution is -0.141. The normalized spacial score (nSPS) is 13.0. The Labute approximate surface area is 181 Å². The second-order valence-corrected chi connectivity index (χ2v) is 6.99. The lowest BCUT2D eigenvalue weighted by Crippen LogP contribution is -2.15. The Kier molecular flexibility index (Phi) is 7.09. The van der Waals surface area contributed by atoms with Crippen LogP contribution in [0.4, 0.5) is 13.2 Å². The van der Waals surface area contributed by atoms with Gasteiger partial charge in [0.05, 0.1) is 11.1 Å². The Morgan fingerprint density at radius 1 is 1.13 bits per heavy atom. The molecule has 3 aromatic rings. The number of benzene rings is 2. The Bertz CT molecular complexity index is 1080. The third-order valence-electron chi connectivity index (χ3n) is 4.37. The van der Waals surface area contributed by atoms with Crippen LogP contribution in [-0.2, 0) is 22.3 Å². The van der Waals surface area contributed by atoms with Gasteiger partial charge in [0.2, 0.25) is 0 Å². The maximum atomic E-state index is 12.9. The number of hydrogen-bond donors (Lipinski definition) is 1. The zero-order chi connectivity index (χ0) is 22.4. The molecule has 0 aliphatic rings. The number of alkyl halides is 3. The maximum Gasteiger partial charge on any atom is 0.416 e. The molecule has 0 bridgehead atoms. The maximum absolute atomic E-state index is 12.9. The summed E-state index contributed by atoms with van der Waals surface area (Å²) in [7, 11) is 0. The van der Waals surface area contributed by atoms with Crippen molar-refractivity contribution < 1.29 is 27.8 Å². The van der Waals surface area contributed by atoms with E-state index >= 15 is 0 Å². The van der Waals surface area contributed by atoms with Crippen molar-refractivity contribution in [3.05, 3.63) is 106 Å². The van der Waals surface area contributed by atoms with Crippen LogP contribution in [0.15, 0.2) is 78.6 Å². The Hall–Kier alpha value is -3.16. The van der Waals surface area contributed by atoms with E-state index in [4.69, 9.17) is 16.3 Å². The number of aliphatic hydroxyl groups excluding tert-OH is 1. The number of esters is 1. The molecule has 0 aliphatic carbocycles. The van der Waals surface area contributed by atoms with Gasteiger partial charge in [-0.15, -0.1) is 0 Å². The third-order valence-corrected chi connectivity index (χ3v) is 4.72. The molecule has 160 valence electrons. The molecule has 1 N–H and O–H groups in total. The highest BCUT2D eigenvalue weighted by atomic mass is 35.5. The van der Waals surface area contributed by atoms with E-state index in [1.165, 1.54) is 30.6 Å². The van der Waals surface area contributed by atoms with E-state index in [1.54, 1.807) is 36.4 Å². The topological polar surface area (TPSA) is 59.4 Å². The average Bonchev–Trinajstić information content (AvgIpc) is 2.77. The fourth-order valence-corrected chi connectivity index (χ4v) is 2.99. The minimum Gasteiger partial charge on any atom is -0.457 e. The second kappa shape index (κ2) is 9.76. The molecule has 3 rings (SSSR count). The molecule has 0 fully saturated rings. The van der Waals surface area contributed by atoms with E-state index in [0.29, 0.717) is 16.1 Å². The first-order chi connectivity index (χ1) is 14.8. The number of rotatable bonds is 6. The molecule has 0 spiro atoms. The van der Waals surface area contributed by atoms with E-state index in [-0.39, 0.29) is 11.1 Å². The van der Waals surface area contributed by atoms with Crippen molar-refractivity contribution >= 4 is 23.6 Å². The fourth-order valence-electron chi connectivity index (χ4n) is 2.80. The quantitative estimate of drug-likeness (QED) is 0.394. The van der Waals surface area contributed by atoms with E-state index in [1.807, 2.05) is 0 Å². The summed E-state index contributed by atoms with van der Waals surface area (Å²) in [5.74, 6) is -0.895. The van der Waals surface area contributed by atoms with Crippen LogP contribution >= 0.6 is 11.6 Å². The smallest absolute Gasteiger partial charge is 0.416 e. The summed E-state index contributed by atoms with van der Waals surface area (Å²) >= 11 is 6.16. The van der Waals surface area contributed by atoms with Crippen molar-refractivity contribution in [2.75, 3.05) is 0 Å². The Morgan fingerprint density at radius 3 is 2.58 bits per heavy atom. The first-order valence-corrected chi connectivity index (χ1v) is 9.51. The highest BCUT2D eigenvalue weighted by Crippen LogP contribution is 2.30. The van der Waals surface area contributed by atoms with Gasteiger partial charge in [-0.2, -0.15) is 13.2 Å². The highest BCUT2D eigenvalue weighted by molar-refractivity contribution is 6.32.